The summed E-state index contributed by atoms with van der Waals surface area (Å²) in [5.41, 5.74) is 9.30. The van der Waals surface area contributed by atoms with E-state index in [2.05, 4.69) is 41.5 Å². The number of hydrogen-bond acceptors (Lipinski definition) is 2. The maximum Gasteiger partial charge on any atom is 0.119 e. The van der Waals surface area contributed by atoms with E-state index in [0.717, 1.165) is 12.0 Å². The Morgan fingerprint density at radius 1 is 1.00 bits per heavy atom. The minimum absolute atomic E-state index is 0.0677. The fourth-order valence-corrected chi connectivity index (χ4v) is 2.58. The molecule has 0 aliphatic rings. The zero-order valence-electron chi connectivity index (χ0n) is 12.6. The third kappa shape index (κ3) is 3.05. The Hall–Kier alpha value is -1.02. The van der Waals surface area contributed by atoms with E-state index in [0.29, 0.717) is 12.3 Å². The van der Waals surface area contributed by atoms with E-state index in [1.807, 2.05) is 12.1 Å². The molecule has 0 heterocycles. The molecule has 0 bridgehead atoms. The summed E-state index contributed by atoms with van der Waals surface area (Å²) in [4.78, 5) is 0. The van der Waals surface area contributed by atoms with Gasteiger partial charge in [0.2, 0.25) is 0 Å². The number of rotatable bonds is 2. The fraction of sp³-hybridized carbons (Fsp3) is 0.625. The normalized spacial score (nSPS) is 12.8. The molecule has 0 saturated heterocycles. The highest BCUT2D eigenvalue weighted by Crippen LogP contribution is 2.39. The molecule has 1 rings (SSSR count). The van der Waals surface area contributed by atoms with Gasteiger partial charge in [-0.25, -0.2) is 0 Å². The van der Waals surface area contributed by atoms with Crippen molar-refractivity contribution in [3.63, 3.8) is 0 Å². The molecule has 0 aromatic heterocycles. The van der Waals surface area contributed by atoms with Crippen molar-refractivity contribution in [2.45, 2.75) is 58.8 Å². The predicted octanol–water partition coefficient (Wildman–Crippen LogP) is 3.49. The standard InChI is InChI=1S/C16H27NO/c1-15(2,3)12-7-8-13(18)14(16(4,5)6)11(12)9-10-17/h7-8,18H,9-10,17H2,1-6H3. The van der Waals surface area contributed by atoms with Crippen LogP contribution in [0.5, 0.6) is 5.75 Å². The van der Waals surface area contributed by atoms with Gasteiger partial charge in [-0.05, 0) is 41.0 Å². The molecule has 0 aliphatic heterocycles. The van der Waals surface area contributed by atoms with Crippen molar-refractivity contribution >= 4 is 0 Å². The van der Waals surface area contributed by atoms with Gasteiger partial charge in [-0.15, -0.1) is 0 Å². The molecule has 18 heavy (non-hydrogen) atoms. The second-order valence-electron chi connectivity index (χ2n) is 7.02. The molecule has 1 aromatic rings. The molecule has 3 N–H and O–H groups in total. The number of benzene rings is 1. The predicted molar refractivity (Wildman–Crippen MR) is 78.3 cm³/mol. The molecule has 102 valence electrons. The molecule has 0 radical (unpaired) electrons. The van der Waals surface area contributed by atoms with Crippen molar-refractivity contribution in [3.05, 3.63) is 28.8 Å². The lowest BCUT2D eigenvalue weighted by Crippen LogP contribution is -2.22. The molecule has 0 unspecified atom stereocenters. The van der Waals surface area contributed by atoms with Crippen LogP contribution in [0.1, 0.15) is 58.2 Å². The summed E-state index contributed by atoms with van der Waals surface area (Å²) in [7, 11) is 0. The van der Waals surface area contributed by atoms with Crippen LogP contribution in [0.25, 0.3) is 0 Å². The van der Waals surface area contributed by atoms with Gasteiger partial charge in [0.05, 0.1) is 0 Å². The van der Waals surface area contributed by atoms with Gasteiger partial charge in [0.15, 0.2) is 0 Å². The Morgan fingerprint density at radius 3 is 1.94 bits per heavy atom. The average Bonchev–Trinajstić information content (AvgIpc) is 2.13. The molecule has 0 spiro atoms. The van der Waals surface area contributed by atoms with Crippen molar-refractivity contribution < 1.29 is 5.11 Å². The molecule has 0 amide bonds. The summed E-state index contributed by atoms with van der Waals surface area (Å²) in [6.07, 6.45) is 0.813. The SMILES string of the molecule is CC(C)(C)c1ccc(O)c(C(C)(C)C)c1CCN. The van der Waals surface area contributed by atoms with Crippen molar-refractivity contribution in [2.24, 2.45) is 5.73 Å². The first-order valence-corrected chi connectivity index (χ1v) is 6.65. The lowest BCUT2D eigenvalue weighted by atomic mass is 9.75. The Kier molecular flexibility index (Phi) is 4.12. The first kappa shape index (κ1) is 15.0. The van der Waals surface area contributed by atoms with E-state index in [4.69, 9.17) is 5.73 Å². The smallest absolute Gasteiger partial charge is 0.119 e. The molecular formula is C16H27NO. The van der Waals surface area contributed by atoms with E-state index in [-0.39, 0.29) is 10.8 Å². The Labute approximate surface area is 111 Å². The average molecular weight is 249 g/mol. The summed E-state index contributed by atoms with van der Waals surface area (Å²) < 4.78 is 0. The topological polar surface area (TPSA) is 46.2 Å². The minimum Gasteiger partial charge on any atom is -0.508 e. The largest absolute Gasteiger partial charge is 0.508 e. The number of phenolic OH excluding ortho intramolecular Hbond substituents is 1. The third-order valence-electron chi connectivity index (χ3n) is 3.24. The minimum atomic E-state index is -0.0736. The highest BCUT2D eigenvalue weighted by Gasteiger charge is 2.27. The monoisotopic (exact) mass is 249 g/mol. The van der Waals surface area contributed by atoms with Crippen LogP contribution < -0.4 is 5.73 Å². The van der Waals surface area contributed by atoms with Gasteiger partial charge in [-0.2, -0.15) is 0 Å². The maximum absolute atomic E-state index is 10.2. The first-order chi connectivity index (χ1) is 8.09. The van der Waals surface area contributed by atoms with Crippen molar-refractivity contribution in [1.82, 2.24) is 0 Å². The van der Waals surface area contributed by atoms with Crippen LogP contribution in [0.2, 0.25) is 0 Å². The van der Waals surface area contributed by atoms with Crippen LogP contribution in [0.3, 0.4) is 0 Å². The van der Waals surface area contributed by atoms with Crippen LogP contribution in [-0.2, 0) is 17.3 Å². The highest BCUT2D eigenvalue weighted by atomic mass is 16.3. The molecule has 2 nitrogen and oxygen atoms in total. The summed E-state index contributed by atoms with van der Waals surface area (Å²) in [6.45, 7) is 13.6. The Bertz CT molecular complexity index is 422. The summed E-state index contributed by atoms with van der Waals surface area (Å²) >= 11 is 0. The lowest BCUT2D eigenvalue weighted by Gasteiger charge is -2.30. The molecular weight excluding hydrogens is 222 g/mol. The second kappa shape index (κ2) is 4.93. The van der Waals surface area contributed by atoms with Gasteiger partial charge >= 0.3 is 0 Å². The van der Waals surface area contributed by atoms with Gasteiger partial charge < -0.3 is 10.8 Å². The number of hydrogen-bond donors (Lipinski definition) is 2. The van der Waals surface area contributed by atoms with Gasteiger partial charge in [0.1, 0.15) is 5.75 Å². The summed E-state index contributed by atoms with van der Waals surface area (Å²) in [5, 5.41) is 10.2. The summed E-state index contributed by atoms with van der Waals surface area (Å²) in [5.74, 6) is 0.388. The van der Waals surface area contributed by atoms with Crippen LogP contribution in [0, 0.1) is 0 Å². The number of phenols is 1. The molecule has 0 fully saturated rings. The molecule has 2 heteroatoms. The maximum atomic E-state index is 10.2. The van der Waals surface area contributed by atoms with Gasteiger partial charge in [0, 0.05) is 5.56 Å². The molecule has 0 saturated carbocycles. The van der Waals surface area contributed by atoms with Crippen molar-refractivity contribution in [1.29, 1.82) is 0 Å². The quantitative estimate of drug-likeness (QED) is 0.843. The van der Waals surface area contributed by atoms with E-state index in [1.165, 1.54) is 11.1 Å². The van der Waals surface area contributed by atoms with Gasteiger partial charge in [-0.3, -0.25) is 0 Å². The zero-order chi connectivity index (χ0) is 14.1. The van der Waals surface area contributed by atoms with Crippen molar-refractivity contribution in [3.8, 4) is 5.75 Å². The van der Waals surface area contributed by atoms with Crippen LogP contribution >= 0.6 is 0 Å². The molecule has 0 aliphatic carbocycles. The Balaban J connectivity index is 3.58. The molecule has 0 atom stereocenters. The van der Waals surface area contributed by atoms with E-state index in [9.17, 15) is 5.11 Å². The number of aromatic hydroxyl groups is 1. The van der Waals surface area contributed by atoms with Crippen LogP contribution in [-0.4, -0.2) is 11.7 Å². The second-order valence-corrected chi connectivity index (χ2v) is 7.02. The van der Waals surface area contributed by atoms with Crippen LogP contribution in [0.15, 0.2) is 12.1 Å². The van der Waals surface area contributed by atoms with Crippen LogP contribution in [0.4, 0.5) is 0 Å². The molecule has 1 aromatic carbocycles. The fourth-order valence-electron chi connectivity index (χ4n) is 2.58. The first-order valence-electron chi connectivity index (χ1n) is 6.65. The lowest BCUT2D eigenvalue weighted by molar-refractivity contribution is 0.441. The van der Waals surface area contributed by atoms with Gasteiger partial charge in [0.25, 0.3) is 0 Å². The van der Waals surface area contributed by atoms with E-state index < -0.39 is 0 Å². The van der Waals surface area contributed by atoms with E-state index >= 15 is 0 Å². The van der Waals surface area contributed by atoms with Crippen molar-refractivity contribution in [2.75, 3.05) is 6.54 Å². The van der Waals surface area contributed by atoms with E-state index in [1.54, 1.807) is 0 Å². The Morgan fingerprint density at radius 2 is 1.56 bits per heavy atom. The summed E-state index contributed by atoms with van der Waals surface area (Å²) in [6, 6.07) is 3.86. The van der Waals surface area contributed by atoms with Gasteiger partial charge in [-0.1, -0.05) is 47.6 Å². The number of nitrogens with two attached hydrogens (primary N) is 1. The highest BCUT2D eigenvalue weighted by molar-refractivity contribution is 5.50. The third-order valence-corrected chi connectivity index (χ3v) is 3.24. The zero-order valence-corrected chi connectivity index (χ0v) is 12.6.